The van der Waals surface area contributed by atoms with Crippen LogP contribution in [0.25, 0.3) is 65.7 Å². The van der Waals surface area contributed by atoms with Gasteiger partial charge in [0.05, 0.1) is 21.8 Å². The average Bonchev–Trinajstić information content (AvgIpc) is 3.41. The molecule has 0 N–H and O–H groups in total. The van der Waals surface area contributed by atoms with Gasteiger partial charge in [-0.05, 0) is 50.2 Å². The molecule has 0 spiro atoms. The molecule has 0 saturated carbocycles. The van der Waals surface area contributed by atoms with Crippen molar-refractivity contribution in [2.45, 2.75) is 19.9 Å². The van der Waals surface area contributed by atoms with Crippen molar-refractivity contribution in [2.75, 3.05) is 0 Å². The lowest BCUT2D eigenvalue weighted by Gasteiger charge is -2.12. The highest BCUT2D eigenvalue weighted by Gasteiger charge is 2.22. The molecule has 30 heavy (non-hydrogen) atoms. The fourth-order valence-electron chi connectivity index (χ4n) is 5.15. The van der Waals surface area contributed by atoms with Crippen molar-refractivity contribution in [3.05, 3.63) is 72.8 Å². The molecule has 0 aliphatic rings. The highest BCUT2D eigenvalue weighted by atomic mass is 16.3. The molecule has 0 fully saturated rings. The van der Waals surface area contributed by atoms with Gasteiger partial charge in [0.1, 0.15) is 22.3 Å². The van der Waals surface area contributed by atoms with Crippen molar-refractivity contribution in [1.29, 1.82) is 0 Å². The Hall–Kier alpha value is -3.72. The van der Waals surface area contributed by atoms with Crippen LogP contribution in [-0.4, -0.2) is 4.57 Å². The lowest BCUT2D eigenvalue weighted by atomic mass is 10.1. The molecule has 7 aromatic rings. The number of benzene rings is 4. The number of rotatable bonds is 1. The summed E-state index contributed by atoms with van der Waals surface area (Å²) in [4.78, 5) is 0. The SMILES string of the molecule is CC(C)n1c2ccc3c4ccccc4oc3c2c2ccc3oc4ccccc4c3c21. The van der Waals surface area contributed by atoms with E-state index in [0.717, 1.165) is 38.5 Å². The highest BCUT2D eigenvalue weighted by Crippen LogP contribution is 2.44. The summed E-state index contributed by atoms with van der Waals surface area (Å²) in [5, 5.41) is 7.05. The molecule has 0 aliphatic heterocycles. The standard InChI is InChI=1S/C27H19NO2/c1-15(2)28-20-13-11-17-16-7-3-5-9-21(16)30-27(17)24(20)19-12-14-23-25(26(19)28)18-8-4-6-10-22(18)29-23/h3-15H,1-2H3. The molecule has 144 valence electrons. The van der Waals surface area contributed by atoms with Crippen molar-refractivity contribution in [3.63, 3.8) is 0 Å². The minimum atomic E-state index is 0.297. The maximum absolute atomic E-state index is 6.41. The van der Waals surface area contributed by atoms with Crippen molar-refractivity contribution in [2.24, 2.45) is 0 Å². The Kier molecular flexibility index (Phi) is 2.93. The van der Waals surface area contributed by atoms with E-state index in [1.54, 1.807) is 0 Å². The van der Waals surface area contributed by atoms with Gasteiger partial charge in [0.25, 0.3) is 0 Å². The van der Waals surface area contributed by atoms with Gasteiger partial charge >= 0.3 is 0 Å². The summed E-state index contributed by atoms with van der Waals surface area (Å²) < 4.78 is 15.0. The number of hydrogen-bond donors (Lipinski definition) is 0. The minimum absolute atomic E-state index is 0.297. The minimum Gasteiger partial charge on any atom is -0.456 e. The molecule has 0 radical (unpaired) electrons. The Balaban J connectivity index is 1.81. The maximum atomic E-state index is 6.41. The second-order valence-electron chi connectivity index (χ2n) is 8.33. The topological polar surface area (TPSA) is 31.2 Å². The molecule has 0 saturated heterocycles. The Bertz CT molecular complexity index is 1780. The molecule has 3 aromatic heterocycles. The Morgan fingerprint density at radius 2 is 1.30 bits per heavy atom. The van der Waals surface area contributed by atoms with Crippen LogP contribution in [0.4, 0.5) is 0 Å². The van der Waals surface area contributed by atoms with E-state index in [2.05, 4.69) is 66.9 Å². The molecule has 4 aromatic carbocycles. The summed E-state index contributed by atoms with van der Waals surface area (Å²) in [6, 6.07) is 25.6. The summed E-state index contributed by atoms with van der Waals surface area (Å²) in [7, 11) is 0. The second-order valence-corrected chi connectivity index (χ2v) is 8.33. The summed E-state index contributed by atoms with van der Waals surface area (Å²) in [5.41, 5.74) is 6.16. The molecular formula is C27H19NO2. The first-order valence-electron chi connectivity index (χ1n) is 10.4. The Morgan fingerprint density at radius 3 is 2.10 bits per heavy atom. The molecule has 0 aliphatic carbocycles. The van der Waals surface area contributed by atoms with E-state index < -0.39 is 0 Å². The summed E-state index contributed by atoms with van der Waals surface area (Å²) in [6.45, 7) is 4.48. The normalized spacial score (nSPS) is 12.6. The van der Waals surface area contributed by atoms with Gasteiger partial charge in [0.15, 0.2) is 0 Å². The second kappa shape index (κ2) is 5.45. The predicted molar refractivity (Wildman–Crippen MR) is 124 cm³/mol. The van der Waals surface area contributed by atoms with Crippen LogP contribution < -0.4 is 0 Å². The maximum Gasteiger partial charge on any atom is 0.145 e. The Morgan fingerprint density at radius 1 is 0.600 bits per heavy atom. The van der Waals surface area contributed by atoms with Crippen molar-refractivity contribution in [1.82, 2.24) is 4.57 Å². The zero-order valence-corrected chi connectivity index (χ0v) is 16.8. The van der Waals surface area contributed by atoms with Gasteiger partial charge in [-0.25, -0.2) is 0 Å². The molecule has 0 bridgehead atoms. The van der Waals surface area contributed by atoms with E-state index in [-0.39, 0.29) is 0 Å². The Labute approximate surface area is 172 Å². The number of nitrogens with zero attached hydrogens (tertiary/aromatic N) is 1. The van der Waals surface area contributed by atoms with Crippen LogP contribution >= 0.6 is 0 Å². The molecular weight excluding hydrogens is 370 g/mol. The summed E-state index contributed by atoms with van der Waals surface area (Å²) >= 11 is 0. The van der Waals surface area contributed by atoms with E-state index >= 15 is 0 Å². The van der Waals surface area contributed by atoms with E-state index in [1.807, 2.05) is 24.3 Å². The molecule has 0 amide bonds. The molecule has 0 atom stereocenters. The third-order valence-electron chi connectivity index (χ3n) is 6.33. The van der Waals surface area contributed by atoms with Gasteiger partial charge < -0.3 is 13.4 Å². The summed E-state index contributed by atoms with van der Waals surface area (Å²) in [5.74, 6) is 0. The highest BCUT2D eigenvalue weighted by molar-refractivity contribution is 6.29. The van der Waals surface area contributed by atoms with Crippen molar-refractivity contribution < 1.29 is 8.83 Å². The van der Waals surface area contributed by atoms with Crippen molar-refractivity contribution >= 4 is 65.7 Å². The van der Waals surface area contributed by atoms with Crippen LogP contribution in [0.15, 0.2) is 81.6 Å². The van der Waals surface area contributed by atoms with E-state index in [1.165, 1.54) is 27.2 Å². The van der Waals surface area contributed by atoms with E-state index in [0.29, 0.717) is 6.04 Å². The van der Waals surface area contributed by atoms with Gasteiger partial charge in [-0.2, -0.15) is 0 Å². The molecule has 0 unspecified atom stereocenters. The summed E-state index contributed by atoms with van der Waals surface area (Å²) in [6.07, 6.45) is 0. The van der Waals surface area contributed by atoms with Crippen molar-refractivity contribution in [3.8, 4) is 0 Å². The third kappa shape index (κ3) is 1.85. The number of aromatic nitrogens is 1. The molecule has 7 rings (SSSR count). The number of hydrogen-bond acceptors (Lipinski definition) is 2. The number of fused-ring (bicyclic) bond motifs is 11. The largest absolute Gasteiger partial charge is 0.456 e. The zero-order chi connectivity index (χ0) is 20.0. The first-order chi connectivity index (χ1) is 14.7. The van der Waals surface area contributed by atoms with E-state index in [4.69, 9.17) is 8.83 Å². The molecule has 3 heteroatoms. The quantitative estimate of drug-likeness (QED) is 0.283. The van der Waals surface area contributed by atoms with Crippen LogP contribution in [0.5, 0.6) is 0 Å². The van der Waals surface area contributed by atoms with Crippen LogP contribution in [0.3, 0.4) is 0 Å². The number of para-hydroxylation sites is 2. The third-order valence-corrected chi connectivity index (χ3v) is 6.33. The van der Waals surface area contributed by atoms with Crippen LogP contribution in [0.2, 0.25) is 0 Å². The monoisotopic (exact) mass is 389 g/mol. The fourth-order valence-corrected chi connectivity index (χ4v) is 5.15. The average molecular weight is 389 g/mol. The fraction of sp³-hybridized carbons (Fsp3) is 0.111. The van der Waals surface area contributed by atoms with Crippen LogP contribution in [0.1, 0.15) is 19.9 Å². The number of furan rings is 2. The van der Waals surface area contributed by atoms with Gasteiger partial charge in [0, 0.05) is 27.6 Å². The molecule has 3 nitrogen and oxygen atoms in total. The van der Waals surface area contributed by atoms with Gasteiger partial charge in [0.2, 0.25) is 0 Å². The lowest BCUT2D eigenvalue weighted by molar-refractivity contribution is 0.642. The van der Waals surface area contributed by atoms with Gasteiger partial charge in [-0.3, -0.25) is 0 Å². The lowest BCUT2D eigenvalue weighted by Crippen LogP contribution is -2.00. The van der Waals surface area contributed by atoms with E-state index in [9.17, 15) is 0 Å². The van der Waals surface area contributed by atoms with Crippen LogP contribution in [-0.2, 0) is 0 Å². The predicted octanol–water partition coefficient (Wildman–Crippen LogP) is 8.17. The first-order valence-corrected chi connectivity index (χ1v) is 10.4. The van der Waals surface area contributed by atoms with Crippen LogP contribution in [0, 0.1) is 0 Å². The van der Waals surface area contributed by atoms with Gasteiger partial charge in [-0.15, -0.1) is 0 Å². The molecule has 3 heterocycles. The van der Waals surface area contributed by atoms with Gasteiger partial charge in [-0.1, -0.05) is 36.4 Å². The zero-order valence-electron chi connectivity index (χ0n) is 16.8. The first kappa shape index (κ1) is 16.1. The smallest absolute Gasteiger partial charge is 0.145 e.